The third kappa shape index (κ3) is 4.30. The molecule has 1 fully saturated rings. The summed E-state index contributed by atoms with van der Waals surface area (Å²) in [7, 11) is 0. The van der Waals surface area contributed by atoms with Crippen LogP contribution in [0.3, 0.4) is 0 Å². The number of aryl methyl sites for hydroxylation is 1. The number of amides is 2. The first-order valence-corrected chi connectivity index (χ1v) is 10.5. The van der Waals surface area contributed by atoms with Crippen molar-refractivity contribution < 1.29 is 18.8 Å². The van der Waals surface area contributed by atoms with E-state index in [0.29, 0.717) is 42.9 Å². The van der Waals surface area contributed by atoms with E-state index in [9.17, 15) is 18.8 Å². The maximum Gasteiger partial charge on any atom is 0.256 e. The summed E-state index contributed by atoms with van der Waals surface area (Å²) in [4.78, 5) is 42.1. The van der Waals surface area contributed by atoms with Gasteiger partial charge in [-0.1, -0.05) is 60.2 Å². The average Bonchev–Trinajstić information content (AvgIpc) is 2.83. The predicted molar refractivity (Wildman–Crippen MR) is 119 cm³/mol. The third-order valence-corrected chi connectivity index (χ3v) is 5.67. The van der Waals surface area contributed by atoms with Crippen molar-refractivity contribution in [2.24, 2.45) is 0 Å². The minimum absolute atomic E-state index is 0.0290. The number of carbonyl (C=O) groups is 3. The number of hydrogen-bond acceptors (Lipinski definition) is 3. The van der Waals surface area contributed by atoms with Crippen LogP contribution >= 0.6 is 0 Å². The molecule has 0 unspecified atom stereocenters. The molecule has 3 aromatic rings. The molecule has 0 bridgehead atoms. The van der Waals surface area contributed by atoms with Gasteiger partial charge in [0.25, 0.3) is 11.8 Å². The molecular weight excluding hydrogens is 407 g/mol. The Bertz CT molecular complexity index is 1170. The molecule has 0 aliphatic carbocycles. The zero-order chi connectivity index (χ0) is 22.7. The van der Waals surface area contributed by atoms with Gasteiger partial charge in [0.1, 0.15) is 5.82 Å². The summed E-state index contributed by atoms with van der Waals surface area (Å²) in [6.45, 7) is 3.17. The van der Waals surface area contributed by atoms with E-state index in [2.05, 4.69) is 0 Å². The minimum atomic E-state index is -0.556. The summed E-state index contributed by atoms with van der Waals surface area (Å²) in [6.07, 6.45) is 0. The van der Waals surface area contributed by atoms with Crippen LogP contribution < -0.4 is 0 Å². The third-order valence-electron chi connectivity index (χ3n) is 5.67. The van der Waals surface area contributed by atoms with E-state index in [1.165, 1.54) is 18.2 Å². The van der Waals surface area contributed by atoms with Gasteiger partial charge in [0, 0.05) is 37.3 Å². The van der Waals surface area contributed by atoms with Crippen molar-refractivity contribution in [1.82, 2.24) is 9.80 Å². The highest BCUT2D eigenvalue weighted by Crippen LogP contribution is 2.19. The Morgan fingerprint density at radius 1 is 0.656 bits per heavy atom. The topological polar surface area (TPSA) is 57.7 Å². The standard InChI is InChI=1S/C26H23FN2O3/c1-18-10-12-19(13-11-18)24(30)20-6-2-3-7-21(20)25(31)28-14-16-29(17-15-28)26(32)22-8-4-5-9-23(22)27/h2-13H,14-17H2,1H3. The van der Waals surface area contributed by atoms with Crippen LogP contribution in [0.5, 0.6) is 0 Å². The van der Waals surface area contributed by atoms with Crippen molar-refractivity contribution in [3.05, 3.63) is 106 Å². The summed E-state index contributed by atoms with van der Waals surface area (Å²) in [5.41, 5.74) is 2.30. The first-order chi connectivity index (χ1) is 15.5. The molecule has 5 nitrogen and oxygen atoms in total. The molecule has 0 spiro atoms. The number of ketones is 1. The molecule has 0 aromatic heterocycles. The lowest BCUT2D eigenvalue weighted by molar-refractivity contribution is 0.0532. The first kappa shape index (κ1) is 21.4. The summed E-state index contributed by atoms with van der Waals surface area (Å²) in [6, 6.07) is 19.9. The fourth-order valence-electron chi connectivity index (χ4n) is 3.82. The van der Waals surface area contributed by atoms with Gasteiger partial charge in [0.15, 0.2) is 5.78 Å². The fourth-order valence-corrected chi connectivity index (χ4v) is 3.82. The molecule has 1 saturated heterocycles. The lowest BCUT2D eigenvalue weighted by atomic mass is 9.97. The van der Waals surface area contributed by atoms with Gasteiger partial charge in [-0.15, -0.1) is 0 Å². The van der Waals surface area contributed by atoms with E-state index < -0.39 is 5.82 Å². The van der Waals surface area contributed by atoms with Crippen molar-refractivity contribution >= 4 is 17.6 Å². The predicted octanol–water partition coefficient (Wildman–Crippen LogP) is 3.96. The smallest absolute Gasteiger partial charge is 0.256 e. The van der Waals surface area contributed by atoms with Crippen molar-refractivity contribution in [2.45, 2.75) is 6.92 Å². The van der Waals surface area contributed by atoms with Gasteiger partial charge in [-0.3, -0.25) is 14.4 Å². The van der Waals surface area contributed by atoms with Crippen LogP contribution in [0, 0.1) is 12.7 Å². The van der Waals surface area contributed by atoms with Crippen molar-refractivity contribution in [3.63, 3.8) is 0 Å². The Labute approximate surface area is 186 Å². The molecule has 0 saturated carbocycles. The van der Waals surface area contributed by atoms with Crippen molar-refractivity contribution in [3.8, 4) is 0 Å². The van der Waals surface area contributed by atoms with E-state index in [4.69, 9.17) is 0 Å². The average molecular weight is 430 g/mol. The number of benzene rings is 3. The molecule has 0 atom stereocenters. The van der Waals surface area contributed by atoms with E-state index >= 15 is 0 Å². The zero-order valence-electron chi connectivity index (χ0n) is 17.8. The normalized spacial score (nSPS) is 13.7. The Balaban J connectivity index is 1.48. The quantitative estimate of drug-likeness (QED) is 0.589. The highest BCUT2D eigenvalue weighted by Gasteiger charge is 2.28. The van der Waals surface area contributed by atoms with E-state index in [1.807, 2.05) is 19.1 Å². The molecular formula is C26H23FN2O3. The number of carbonyl (C=O) groups excluding carboxylic acids is 3. The Morgan fingerprint density at radius 3 is 1.69 bits per heavy atom. The monoisotopic (exact) mass is 430 g/mol. The zero-order valence-corrected chi connectivity index (χ0v) is 17.8. The van der Waals surface area contributed by atoms with Crippen LogP contribution in [0.4, 0.5) is 4.39 Å². The highest BCUT2D eigenvalue weighted by molar-refractivity contribution is 6.15. The molecule has 162 valence electrons. The Hall–Kier alpha value is -3.80. The number of nitrogens with zero attached hydrogens (tertiary/aromatic N) is 2. The minimum Gasteiger partial charge on any atom is -0.335 e. The largest absolute Gasteiger partial charge is 0.335 e. The van der Waals surface area contributed by atoms with E-state index in [-0.39, 0.29) is 23.2 Å². The second kappa shape index (κ2) is 9.14. The fraction of sp³-hybridized carbons (Fsp3) is 0.192. The van der Waals surface area contributed by atoms with Crippen molar-refractivity contribution in [2.75, 3.05) is 26.2 Å². The van der Waals surface area contributed by atoms with Gasteiger partial charge in [-0.05, 0) is 25.1 Å². The first-order valence-electron chi connectivity index (χ1n) is 10.5. The van der Waals surface area contributed by atoms with E-state index in [1.54, 1.807) is 52.3 Å². The van der Waals surface area contributed by atoms with Gasteiger partial charge < -0.3 is 9.80 Å². The maximum atomic E-state index is 14.0. The van der Waals surface area contributed by atoms with Gasteiger partial charge in [0.05, 0.1) is 11.1 Å². The highest BCUT2D eigenvalue weighted by atomic mass is 19.1. The molecule has 0 N–H and O–H groups in total. The summed E-state index contributed by atoms with van der Waals surface area (Å²) in [5, 5.41) is 0. The van der Waals surface area contributed by atoms with Gasteiger partial charge in [-0.2, -0.15) is 0 Å². The molecule has 6 heteroatoms. The molecule has 1 aliphatic heterocycles. The summed E-state index contributed by atoms with van der Waals surface area (Å²) >= 11 is 0. The number of piperazine rings is 1. The van der Waals surface area contributed by atoms with Crippen LogP contribution in [0.2, 0.25) is 0 Å². The molecule has 0 radical (unpaired) electrons. The van der Waals surface area contributed by atoms with Crippen LogP contribution in [0.25, 0.3) is 0 Å². The molecule has 1 aliphatic rings. The number of rotatable bonds is 4. The maximum absolute atomic E-state index is 14.0. The van der Waals surface area contributed by atoms with Crippen LogP contribution in [0.15, 0.2) is 72.8 Å². The van der Waals surface area contributed by atoms with Crippen LogP contribution in [-0.2, 0) is 0 Å². The second-order valence-corrected chi connectivity index (χ2v) is 7.80. The van der Waals surface area contributed by atoms with Gasteiger partial charge in [-0.25, -0.2) is 4.39 Å². The lowest BCUT2D eigenvalue weighted by Gasteiger charge is -2.35. The molecule has 3 aromatic carbocycles. The number of halogens is 1. The van der Waals surface area contributed by atoms with Gasteiger partial charge >= 0.3 is 0 Å². The lowest BCUT2D eigenvalue weighted by Crippen LogP contribution is -2.50. The molecule has 1 heterocycles. The molecule has 2 amide bonds. The SMILES string of the molecule is Cc1ccc(C(=O)c2ccccc2C(=O)N2CCN(C(=O)c3ccccc3F)CC2)cc1. The van der Waals surface area contributed by atoms with Crippen molar-refractivity contribution in [1.29, 1.82) is 0 Å². The summed E-state index contributed by atoms with van der Waals surface area (Å²) < 4.78 is 14.0. The van der Waals surface area contributed by atoms with Crippen LogP contribution in [0.1, 0.15) is 42.2 Å². The molecule has 32 heavy (non-hydrogen) atoms. The van der Waals surface area contributed by atoms with E-state index in [0.717, 1.165) is 5.56 Å². The number of hydrogen-bond donors (Lipinski definition) is 0. The van der Waals surface area contributed by atoms with Gasteiger partial charge in [0.2, 0.25) is 0 Å². The second-order valence-electron chi connectivity index (χ2n) is 7.80. The summed E-state index contributed by atoms with van der Waals surface area (Å²) in [5.74, 6) is -1.40. The van der Waals surface area contributed by atoms with Crippen LogP contribution in [-0.4, -0.2) is 53.6 Å². The Kier molecular flexibility index (Phi) is 6.12. The molecule has 4 rings (SSSR count). The Morgan fingerprint density at radius 2 is 1.12 bits per heavy atom.